The highest BCUT2D eigenvalue weighted by Gasteiger charge is 2.49. The third kappa shape index (κ3) is 3.51. The molecular formula is C19H17F3N4OS. The lowest BCUT2D eigenvalue weighted by molar-refractivity contribution is -0.137. The van der Waals surface area contributed by atoms with Crippen LogP contribution in [-0.2, 0) is 11.7 Å². The van der Waals surface area contributed by atoms with Crippen molar-refractivity contribution in [2.45, 2.75) is 11.7 Å². The Kier molecular flexibility index (Phi) is 4.88. The average Bonchev–Trinajstić information content (AvgIpc) is 3.12. The Morgan fingerprint density at radius 2 is 2.04 bits per heavy atom. The van der Waals surface area contributed by atoms with Crippen LogP contribution in [0.3, 0.4) is 0 Å². The fourth-order valence-corrected chi connectivity index (χ4v) is 4.64. The van der Waals surface area contributed by atoms with Crippen molar-refractivity contribution in [3.05, 3.63) is 65.5 Å². The number of amidine groups is 1. The van der Waals surface area contributed by atoms with E-state index in [4.69, 9.17) is 0 Å². The number of nitrogens with zero attached hydrogens (tertiary/aromatic N) is 2. The van der Waals surface area contributed by atoms with Crippen molar-refractivity contribution in [2.24, 2.45) is 10.9 Å². The fourth-order valence-electron chi connectivity index (χ4n) is 3.49. The first-order valence-corrected chi connectivity index (χ1v) is 9.70. The van der Waals surface area contributed by atoms with E-state index < -0.39 is 17.3 Å². The number of alkyl halides is 3. The third-order valence-electron chi connectivity index (χ3n) is 4.97. The molecule has 0 radical (unpaired) electrons. The highest BCUT2D eigenvalue weighted by molar-refractivity contribution is 8.13. The lowest BCUT2D eigenvalue weighted by atomic mass is 9.84. The molecule has 2 N–H and O–H groups in total. The topological polar surface area (TPSA) is 66.4 Å². The maximum atomic E-state index is 13.2. The Labute approximate surface area is 163 Å². The van der Waals surface area contributed by atoms with Gasteiger partial charge >= 0.3 is 6.18 Å². The van der Waals surface area contributed by atoms with Crippen molar-refractivity contribution < 1.29 is 18.0 Å². The summed E-state index contributed by atoms with van der Waals surface area (Å²) in [7, 11) is 0. The molecule has 3 heterocycles. The maximum Gasteiger partial charge on any atom is 0.416 e. The molecule has 0 unspecified atom stereocenters. The number of nitrogens with one attached hydrogen (secondary N) is 2. The molecule has 28 heavy (non-hydrogen) atoms. The van der Waals surface area contributed by atoms with Gasteiger partial charge < -0.3 is 10.6 Å². The van der Waals surface area contributed by atoms with Crippen molar-refractivity contribution in [3.63, 3.8) is 0 Å². The van der Waals surface area contributed by atoms with Crippen LogP contribution in [0.25, 0.3) is 0 Å². The zero-order valence-electron chi connectivity index (χ0n) is 14.7. The second kappa shape index (κ2) is 7.21. The van der Waals surface area contributed by atoms with Gasteiger partial charge in [0.25, 0.3) is 5.91 Å². The zero-order chi connectivity index (χ0) is 19.8. The molecule has 1 fully saturated rings. The molecule has 1 aromatic carbocycles. The molecule has 0 bridgehead atoms. The molecule has 2 aromatic rings. The first kappa shape index (κ1) is 18.9. The van der Waals surface area contributed by atoms with Crippen LogP contribution in [0, 0.1) is 5.92 Å². The molecule has 4 rings (SSSR count). The van der Waals surface area contributed by atoms with Crippen molar-refractivity contribution >= 4 is 22.8 Å². The van der Waals surface area contributed by atoms with Crippen LogP contribution in [0.5, 0.6) is 0 Å². The van der Waals surface area contributed by atoms with Crippen LogP contribution in [0.15, 0.2) is 53.7 Å². The molecule has 2 aliphatic heterocycles. The fraction of sp³-hybridized carbons (Fsp3) is 0.316. The molecule has 146 valence electrons. The number of hydrogen-bond acceptors (Lipinski definition) is 5. The van der Waals surface area contributed by atoms with Crippen LogP contribution in [0.1, 0.15) is 21.6 Å². The van der Waals surface area contributed by atoms with Crippen molar-refractivity contribution in [1.29, 1.82) is 0 Å². The number of rotatable bonds is 2. The minimum Gasteiger partial charge on any atom is -0.313 e. The molecule has 5 nitrogen and oxygen atoms in total. The normalized spacial score (nSPS) is 24.4. The number of benzene rings is 1. The number of amides is 1. The summed E-state index contributed by atoms with van der Waals surface area (Å²) in [4.78, 5) is 21.3. The van der Waals surface area contributed by atoms with Crippen LogP contribution in [-0.4, -0.2) is 34.9 Å². The van der Waals surface area contributed by atoms with Gasteiger partial charge in [0.1, 0.15) is 5.54 Å². The number of aromatic nitrogens is 1. The zero-order valence-corrected chi connectivity index (χ0v) is 15.5. The Bertz CT molecular complexity index is 919. The SMILES string of the molecule is O=C(NC1=N[C@@]2(c3cc(C(F)(F)F)ccn3)CNC[C@H]2CS1)c1ccccc1. The van der Waals surface area contributed by atoms with E-state index in [-0.39, 0.29) is 17.5 Å². The van der Waals surface area contributed by atoms with Crippen molar-refractivity contribution in [2.75, 3.05) is 18.8 Å². The van der Waals surface area contributed by atoms with Crippen molar-refractivity contribution in [1.82, 2.24) is 15.6 Å². The van der Waals surface area contributed by atoms with E-state index >= 15 is 0 Å². The average molecular weight is 406 g/mol. The van der Waals surface area contributed by atoms with Crippen LogP contribution < -0.4 is 10.6 Å². The molecule has 0 aliphatic carbocycles. The van der Waals surface area contributed by atoms with E-state index in [1.807, 2.05) is 6.07 Å². The minimum absolute atomic E-state index is 0.00846. The molecule has 0 saturated carbocycles. The number of fused-ring (bicyclic) bond motifs is 1. The lowest BCUT2D eigenvalue weighted by Crippen LogP contribution is -2.43. The number of hydrogen-bond donors (Lipinski definition) is 2. The summed E-state index contributed by atoms with van der Waals surface area (Å²) in [5.41, 5.74) is -0.917. The number of pyridine rings is 1. The molecule has 2 aliphatic rings. The highest BCUT2D eigenvalue weighted by atomic mass is 32.2. The summed E-state index contributed by atoms with van der Waals surface area (Å²) in [5.74, 6) is 0.313. The summed E-state index contributed by atoms with van der Waals surface area (Å²) in [5, 5.41) is 6.39. The number of carbonyl (C=O) groups is 1. The van der Waals surface area contributed by atoms with Gasteiger partial charge in [-0.2, -0.15) is 13.2 Å². The number of thioether (sulfide) groups is 1. The second-order valence-electron chi connectivity index (χ2n) is 6.73. The monoisotopic (exact) mass is 406 g/mol. The van der Waals surface area contributed by atoms with Gasteiger partial charge in [-0.1, -0.05) is 30.0 Å². The Morgan fingerprint density at radius 1 is 1.25 bits per heavy atom. The summed E-state index contributed by atoms with van der Waals surface area (Å²) in [6, 6.07) is 10.7. The summed E-state index contributed by atoms with van der Waals surface area (Å²) in [6.45, 7) is 1.01. The van der Waals surface area contributed by atoms with Crippen LogP contribution in [0.4, 0.5) is 13.2 Å². The largest absolute Gasteiger partial charge is 0.416 e. The van der Waals surface area contributed by atoms with E-state index in [1.54, 1.807) is 24.3 Å². The third-order valence-corrected chi connectivity index (χ3v) is 6.01. The first-order valence-electron chi connectivity index (χ1n) is 8.72. The van der Waals surface area contributed by atoms with Gasteiger partial charge in [0.05, 0.1) is 11.3 Å². The first-order chi connectivity index (χ1) is 13.4. The minimum atomic E-state index is -4.45. The second-order valence-corrected chi connectivity index (χ2v) is 7.74. The van der Waals surface area contributed by atoms with E-state index in [1.165, 1.54) is 18.0 Å². The van der Waals surface area contributed by atoms with Gasteiger partial charge in [-0.15, -0.1) is 0 Å². The molecule has 2 atom stereocenters. The molecule has 0 spiro atoms. The van der Waals surface area contributed by atoms with Gasteiger partial charge in [-0.25, -0.2) is 4.99 Å². The summed E-state index contributed by atoms with van der Waals surface area (Å²) in [6.07, 6.45) is -3.28. The number of carbonyl (C=O) groups excluding carboxylic acids is 1. The Morgan fingerprint density at radius 3 is 2.79 bits per heavy atom. The smallest absolute Gasteiger partial charge is 0.313 e. The van der Waals surface area contributed by atoms with Gasteiger partial charge in [0, 0.05) is 36.5 Å². The Hall–Kier alpha value is -2.39. The Balaban J connectivity index is 1.68. The highest BCUT2D eigenvalue weighted by Crippen LogP contribution is 2.43. The maximum absolute atomic E-state index is 13.2. The quantitative estimate of drug-likeness (QED) is 0.805. The van der Waals surface area contributed by atoms with E-state index in [9.17, 15) is 18.0 Å². The predicted molar refractivity (Wildman–Crippen MR) is 101 cm³/mol. The predicted octanol–water partition coefficient (Wildman–Crippen LogP) is 3.05. The summed E-state index contributed by atoms with van der Waals surface area (Å²) >= 11 is 1.39. The number of halogens is 3. The molecule has 1 aromatic heterocycles. The van der Waals surface area contributed by atoms with Gasteiger partial charge in [0.2, 0.25) is 0 Å². The van der Waals surface area contributed by atoms with E-state index in [0.717, 1.165) is 12.1 Å². The van der Waals surface area contributed by atoms with Crippen LogP contribution >= 0.6 is 11.8 Å². The summed E-state index contributed by atoms with van der Waals surface area (Å²) < 4.78 is 39.5. The van der Waals surface area contributed by atoms with Gasteiger partial charge in [-0.05, 0) is 24.3 Å². The molecular weight excluding hydrogens is 389 g/mol. The molecule has 1 amide bonds. The number of aliphatic imine (C=N–C) groups is 1. The van der Waals surface area contributed by atoms with Gasteiger partial charge in [-0.3, -0.25) is 9.78 Å². The van der Waals surface area contributed by atoms with E-state index in [0.29, 0.717) is 29.6 Å². The van der Waals surface area contributed by atoms with Gasteiger partial charge in [0.15, 0.2) is 5.17 Å². The van der Waals surface area contributed by atoms with Crippen LogP contribution in [0.2, 0.25) is 0 Å². The van der Waals surface area contributed by atoms with E-state index in [2.05, 4.69) is 20.6 Å². The standard InChI is InChI=1S/C19H17F3N4OS/c20-19(21,22)13-6-7-24-15(8-13)18-11-23-9-14(18)10-28-17(26-18)25-16(27)12-4-2-1-3-5-12/h1-8,14,23H,9-11H2,(H,25,26,27)/t14-,18-/m0/s1. The van der Waals surface area contributed by atoms with Crippen molar-refractivity contribution in [3.8, 4) is 0 Å². The molecule has 1 saturated heterocycles. The molecule has 9 heteroatoms. The lowest BCUT2D eigenvalue weighted by Gasteiger charge is -2.35.